The molecule has 0 rings (SSSR count). The molecule has 0 aliphatic heterocycles. The summed E-state index contributed by atoms with van der Waals surface area (Å²) in [5, 5.41) is 14.1. The van der Waals surface area contributed by atoms with Crippen LogP contribution in [0.4, 0.5) is 0 Å². The summed E-state index contributed by atoms with van der Waals surface area (Å²) in [4.78, 5) is 23.5. The van der Waals surface area contributed by atoms with E-state index in [2.05, 4.69) is 153 Å². The van der Waals surface area contributed by atoms with Crippen molar-refractivity contribution in [1.29, 1.82) is 0 Å². The number of aliphatic hydroxyl groups excluding tert-OH is 1. The Kier molecular flexibility index (Phi) is 65.4. The van der Waals surface area contributed by atoms with Gasteiger partial charge in [0.15, 0.2) is 0 Å². The molecule has 0 aromatic rings. The van der Waals surface area contributed by atoms with Crippen LogP contribution in [-0.4, -0.2) is 73.4 Å². The second-order valence-corrected chi connectivity index (χ2v) is 27.0. The first kappa shape index (κ1) is 84.6. The van der Waals surface area contributed by atoms with Crippen LogP contribution in [0.1, 0.15) is 309 Å². The topological polar surface area (TPSA) is 105 Å². The number of carbonyl (C=O) groups excluding carboxylic acids is 1. The number of hydrogen-bond donors (Lipinski definition) is 3. The van der Waals surface area contributed by atoms with Gasteiger partial charge in [-0.15, -0.1) is 0 Å². The van der Waals surface area contributed by atoms with E-state index in [1.807, 2.05) is 21.1 Å². The van der Waals surface area contributed by atoms with Crippen LogP contribution in [0.25, 0.3) is 0 Å². The van der Waals surface area contributed by atoms with E-state index in [-0.39, 0.29) is 19.1 Å². The highest BCUT2D eigenvalue weighted by Gasteiger charge is 2.28. The molecule has 0 aliphatic carbocycles. The molecule has 0 saturated carbocycles. The van der Waals surface area contributed by atoms with Gasteiger partial charge in [0.25, 0.3) is 0 Å². The van der Waals surface area contributed by atoms with Gasteiger partial charge in [-0.3, -0.25) is 13.8 Å². The van der Waals surface area contributed by atoms with E-state index in [9.17, 15) is 19.4 Å². The smallest absolute Gasteiger partial charge is 0.391 e. The number of phosphoric acid groups is 1. The van der Waals surface area contributed by atoms with Crippen molar-refractivity contribution in [1.82, 2.24) is 5.32 Å². The molecule has 0 heterocycles. The number of allylic oxidation sites excluding steroid dienone is 22. The number of rotatable bonds is 66. The van der Waals surface area contributed by atoms with Crippen LogP contribution in [0.15, 0.2) is 134 Å². The number of nitrogens with zero attached hydrogens (tertiary/aromatic N) is 1. The minimum atomic E-state index is -4.35. The standard InChI is InChI=1S/C79H139N2O6P/c1-6-8-10-12-14-16-18-20-22-24-26-28-30-32-34-35-36-37-38-39-40-41-42-43-44-45-47-49-51-53-55-57-59-61-63-65-67-69-71-73-79(83)80-77(76-87-88(84,85)86-75-74-81(3,4)5)78(82)72-70-68-66-64-62-60-58-56-54-52-50-48-46-33-31-29-27-25-23-21-19-17-15-13-11-9-7-2/h8,10,14,16,20,22,26,28,32,34,36-37,39-40,42-43,45,47,51,53,57,59,77-78,82H,6-7,9,11-13,15,17-19,21,23-25,27,29-31,33,35,38,41,44,46,48-50,52,54-56,58,60-76H2,1-5H3,(H-,80,83,84,85)/p+1/b10-8-,16-14-,22-20-,28-26-,34-32-,37-36-,40-39-,43-42-,47-45-,53-51-,59-57-. The average molecular weight is 1240 g/mol. The fourth-order valence-electron chi connectivity index (χ4n) is 10.3. The van der Waals surface area contributed by atoms with Crippen LogP contribution < -0.4 is 5.32 Å². The molecule has 0 aromatic carbocycles. The number of carbonyl (C=O) groups is 1. The third-order valence-corrected chi connectivity index (χ3v) is 16.9. The molecule has 0 fully saturated rings. The molecule has 0 radical (unpaired) electrons. The van der Waals surface area contributed by atoms with E-state index in [0.717, 1.165) is 128 Å². The number of quaternary nitrogens is 1. The van der Waals surface area contributed by atoms with Gasteiger partial charge >= 0.3 is 7.82 Å². The molecule has 3 atom stereocenters. The molecule has 506 valence electrons. The zero-order chi connectivity index (χ0) is 64.1. The maximum Gasteiger partial charge on any atom is 0.472 e. The van der Waals surface area contributed by atoms with E-state index in [4.69, 9.17) is 9.05 Å². The summed E-state index contributed by atoms with van der Waals surface area (Å²) >= 11 is 0. The van der Waals surface area contributed by atoms with Crippen LogP contribution in [0.2, 0.25) is 0 Å². The van der Waals surface area contributed by atoms with Gasteiger partial charge in [-0.25, -0.2) is 4.57 Å². The second kappa shape index (κ2) is 68.0. The first-order valence-electron chi connectivity index (χ1n) is 36.5. The quantitative estimate of drug-likeness (QED) is 0.0243. The van der Waals surface area contributed by atoms with Gasteiger partial charge in [0, 0.05) is 6.42 Å². The lowest BCUT2D eigenvalue weighted by molar-refractivity contribution is -0.870. The summed E-state index contributed by atoms with van der Waals surface area (Å²) in [5.41, 5.74) is 0. The molecule has 88 heavy (non-hydrogen) atoms. The van der Waals surface area contributed by atoms with Gasteiger partial charge in [-0.2, -0.15) is 0 Å². The normalized spacial score (nSPS) is 14.4. The highest BCUT2D eigenvalue weighted by atomic mass is 31.2. The van der Waals surface area contributed by atoms with Crippen molar-refractivity contribution in [2.75, 3.05) is 40.9 Å². The molecule has 0 spiro atoms. The van der Waals surface area contributed by atoms with Crippen molar-refractivity contribution < 1.29 is 32.9 Å². The van der Waals surface area contributed by atoms with Crippen molar-refractivity contribution in [3.05, 3.63) is 134 Å². The van der Waals surface area contributed by atoms with Gasteiger partial charge in [0.2, 0.25) is 5.91 Å². The molecular weight excluding hydrogens is 1100 g/mol. The minimum Gasteiger partial charge on any atom is -0.391 e. The number of amides is 1. The Morgan fingerprint density at radius 2 is 0.682 bits per heavy atom. The fraction of sp³-hybridized carbons (Fsp3) is 0.709. The minimum absolute atomic E-state index is 0.0644. The summed E-state index contributed by atoms with van der Waals surface area (Å²) in [6.07, 6.45) is 103. The van der Waals surface area contributed by atoms with E-state index in [1.165, 1.54) is 154 Å². The number of nitrogens with one attached hydrogen (secondary N) is 1. The first-order valence-corrected chi connectivity index (χ1v) is 38.0. The van der Waals surface area contributed by atoms with Gasteiger partial charge in [0.05, 0.1) is 39.9 Å². The molecule has 0 aromatic heterocycles. The first-order chi connectivity index (χ1) is 43.0. The predicted octanol–water partition coefficient (Wildman–Crippen LogP) is 23.8. The molecule has 3 unspecified atom stereocenters. The van der Waals surface area contributed by atoms with Gasteiger partial charge in [0.1, 0.15) is 13.2 Å². The summed E-state index contributed by atoms with van der Waals surface area (Å²) in [7, 11) is 1.59. The molecule has 3 N–H and O–H groups in total. The Hall–Kier alpha value is -3.36. The number of aliphatic hydroxyl groups is 1. The predicted molar refractivity (Wildman–Crippen MR) is 387 cm³/mol. The number of hydrogen-bond acceptors (Lipinski definition) is 5. The Balaban J connectivity index is 4.14. The van der Waals surface area contributed by atoms with E-state index in [0.29, 0.717) is 23.9 Å². The van der Waals surface area contributed by atoms with E-state index in [1.54, 1.807) is 0 Å². The molecule has 0 bridgehead atoms. The fourth-order valence-corrected chi connectivity index (χ4v) is 11.0. The van der Waals surface area contributed by atoms with Gasteiger partial charge < -0.3 is 19.8 Å². The molecule has 1 amide bonds. The Morgan fingerprint density at radius 3 is 1.00 bits per heavy atom. The Morgan fingerprint density at radius 1 is 0.398 bits per heavy atom. The summed E-state index contributed by atoms with van der Waals surface area (Å²) in [6, 6.07) is -0.783. The van der Waals surface area contributed by atoms with Crippen molar-refractivity contribution >= 4 is 13.7 Å². The van der Waals surface area contributed by atoms with E-state index < -0.39 is 20.0 Å². The third kappa shape index (κ3) is 70.1. The highest BCUT2D eigenvalue weighted by Crippen LogP contribution is 2.43. The van der Waals surface area contributed by atoms with Crippen molar-refractivity contribution in [2.24, 2.45) is 0 Å². The second-order valence-electron chi connectivity index (χ2n) is 25.6. The van der Waals surface area contributed by atoms with Gasteiger partial charge in [-0.05, 0) is 96.3 Å². The lowest BCUT2D eigenvalue weighted by Crippen LogP contribution is -2.46. The lowest BCUT2D eigenvalue weighted by Gasteiger charge is -2.26. The molecule has 0 aliphatic rings. The number of phosphoric ester groups is 1. The summed E-state index contributed by atoms with van der Waals surface area (Å²) in [6.45, 7) is 4.78. The molecule has 0 saturated heterocycles. The van der Waals surface area contributed by atoms with Crippen molar-refractivity contribution in [2.45, 2.75) is 321 Å². The van der Waals surface area contributed by atoms with Crippen LogP contribution in [-0.2, 0) is 18.4 Å². The largest absolute Gasteiger partial charge is 0.472 e. The maximum absolute atomic E-state index is 13.1. The van der Waals surface area contributed by atoms with Gasteiger partial charge in [-0.1, -0.05) is 340 Å². The summed E-state index contributed by atoms with van der Waals surface area (Å²) < 4.78 is 23.9. The molecule has 8 nitrogen and oxygen atoms in total. The maximum atomic E-state index is 13.1. The van der Waals surface area contributed by atoms with Crippen molar-refractivity contribution in [3.63, 3.8) is 0 Å². The SMILES string of the molecule is CC/C=C\C/C=C\C/C=C\C/C=C\C/C=C\C/C=C\C/C=C\C/C=C\C/C=C\C/C=C\C/C=C\CCCCCCCC(=O)NC(COP(=O)(O)OCC[N+](C)(C)C)C(O)CCCCCCCCCCCCCCCCCCCCCCCCCCCCC. The zero-order valence-corrected chi connectivity index (χ0v) is 58.8. The third-order valence-electron chi connectivity index (χ3n) is 15.9. The highest BCUT2D eigenvalue weighted by molar-refractivity contribution is 7.47. The van der Waals surface area contributed by atoms with E-state index >= 15 is 0 Å². The number of likely N-dealkylation sites (N-methyl/N-ethyl adjacent to an activating group) is 1. The molecular formula is C79H140N2O6P+. The van der Waals surface area contributed by atoms with Crippen LogP contribution in [0.5, 0.6) is 0 Å². The van der Waals surface area contributed by atoms with Crippen LogP contribution >= 0.6 is 7.82 Å². The Bertz CT molecular complexity index is 1900. The molecule has 9 heteroatoms. The van der Waals surface area contributed by atoms with Crippen LogP contribution in [0.3, 0.4) is 0 Å². The summed E-state index contributed by atoms with van der Waals surface area (Å²) in [5.74, 6) is -0.165. The monoisotopic (exact) mass is 1240 g/mol. The average Bonchev–Trinajstić information content (AvgIpc) is 3.70. The lowest BCUT2D eigenvalue weighted by atomic mass is 10.0. The number of unbranched alkanes of at least 4 members (excludes halogenated alkanes) is 31. The van der Waals surface area contributed by atoms with Crippen molar-refractivity contribution in [3.8, 4) is 0 Å². The Labute approximate surface area is 545 Å². The van der Waals surface area contributed by atoms with Crippen LogP contribution in [0, 0.1) is 0 Å². The zero-order valence-electron chi connectivity index (χ0n) is 57.9.